The summed E-state index contributed by atoms with van der Waals surface area (Å²) in [6.07, 6.45) is 1.50. The van der Waals surface area contributed by atoms with Gasteiger partial charge in [0.25, 0.3) is 5.91 Å². The minimum absolute atomic E-state index is 0.0234. The summed E-state index contributed by atoms with van der Waals surface area (Å²) in [6, 6.07) is 17.3. The molecule has 1 N–H and O–H groups in total. The Bertz CT molecular complexity index is 1100. The Labute approximate surface area is 188 Å². The van der Waals surface area contributed by atoms with Crippen molar-refractivity contribution in [1.29, 1.82) is 5.26 Å². The first-order valence-corrected chi connectivity index (χ1v) is 11.6. The Morgan fingerprint density at radius 1 is 1.09 bits per heavy atom. The van der Waals surface area contributed by atoms with E-state index in [1.54, 1.807) is 42.3 Å². The van der Waals surface area contributed by atoms with Crippen LogP contribution in [0.5, 0.6) is 5.75 Å². The van der Waals surface area contributed by atoms with Gasteiger partial charge < -0.3 is 15.0 Å². The summed E-state index contributed by atoms with van der Waals surface area (Å²) in [5, 5.41) is 12.3. The Morgan fingerprint density at radius 2 is 1.72 bits per heavy atom. The average molecular weight is 455 g/mol. The fraction of sp³-hybridized carbons (Fsp3) is 0.304. The van der Waals surface area contributed by atoms with Crippen LogP contribution in [0, 0.1) is 11.3 Å². The predicted octanol–water partition coefficient (Wildman–Crippen LogP) is 2.29. The zero-order valence-corrected chi connectivity index (χ0v) is 18.9. The van der Waals surface area contributed by atoms with Crippen LogP contribution in [0.3, 0.4) is 0 Å². The summed E-state index contributed by atoms with van der Waals surface area (Å²) in [5.74, 6) is 0.244. The summed E-state index contributed by atoms with van der Waals surface area (Å²) in [6.45, 7) is 3.16. The second-order valence-electron chi connectivity index (χ2n) is 7.38. The Kier molecular flexibility index (Phi) is 7.51. The number of amides is 1. The molecule has 0 aromatic heterocycles. The highest BCUT2D eigenvalue weighted by atomic mass is 32.2. The van der Waals surface area contributed by atoms with E-state index in [1.165, 1.54) is 10.5 Å². The minimum Gasteiger partial charge on any atom is -0.497 e. The van der Waals surface area contributed by atoms with E-state index in [4.69, 9.17) is 4.74 Å². The van der Waals surface area contributed by atoms with Crippen molar-refractivity contribution in [1.82, 2.24) is 14.5 Å². The number of benzene rings is 2. The fourth-order valence-electron chi connectivity index (χ4n) is 3.39. The lowest BCUT2D eigenvalue weighted by molar-refractivity contribution is -0.117. The van der Waals surface area contributed by atoms with E-state index >= 15 is 0 Å². The highest BCUT2D eigenvalue weighted by molar-refractivity contribution is 7.89. The molecule has 8 nitrogen and oxygen atoms in total. The number of ether oxygens (including phenoxy) is 1. The normalized spacial score (nSPS) is 16.2. The molecular weight excluding hydrogens is 428 g/mol. The molecule has 168 valence electrons. The van der Waals surface area contributed by atoms with E-state index in [0.29, 0.717) is 13.1 Å². The average Bonchev–Trinajstić information content (AvgIpc) is 2.83. The van der Waals surface area contributed by atoms with Gasteiger partial charge in [0, 0.05) is 32.4 Å². The van der Waals surface area contributed by atoms with Crippen LogP contribution >= 0.6 is 0 Å². The number of piperazine rings is 1. The first kappa shape index (κ1) is 23.3. The molecule has 1 aliphatic rings. The molecule has 0 radical (unpaired) electrons. The topological polar surface area (TPSA) is 103 Å². The molecule has 1 amide bonds. The lowest BCUT2D eigenvalue weighted by Gasteiger charge is -2.33. The number of carbonyl (C=O) groups is 1. The molecule has 0 saturated carbocycles. The van der Waals surface area contributed by atoms with E-state index in [-0.39, 0.29) is 29.6 Å². The molecule has 2 aromatic rings. The number of rotatable bonds is 7. The quantitative estimate of drug-likeness (QED) is 0.509. The number of hydrogen-bond donors (Lipinski definition) is 1. The molecule has 0 spiro atoms. The fourth-order valence-corrected chi connectivity index (χ4v) is 4.83. The standard InChI is InChI=1S/C23H26N4O4S/c1-18(19-8-10-21(31-2)11-9-19)25-23(28)20(16-24)17-26-12-14-27(15-13-26)32(29,30)22-6-4-3-5-7-22/h3-11,17-18H,12-15H2,1-2H3,(H,25,28)/b20-17-. The van der Waals surface area contributed by atoms with E-state index in [9.17, 15) is 18.5 Å². The van der Waals surface area contributed by atoms with Gasteiger partial charge in [-0.1, -0.05) is 30.3 Å². The van der Waals surface area contributed by atoms with Crippen LogP contribution in [0.25, 0.3) is 0 Å². The number of nitrogens with zero attached hydrogens (tertiary/aromatic N) is 3. The first-order valence-electron chi connectivity index (χ1n) is 10.2. The summed E-state index contributed by atoms with van der Waals surface area (Å²) < 4.78 is 32.0. The van der Waals surface area contributed by atoms with Crippen LogP contribution in [-0.4, -0.2) is 56.8 Å². The molecule has 1 unspecified atom stereocenters. The molecule has 1 atom stereocenters. The number of methoxy groups -OCH3 is 1. The van der Waals surface area contributed by atoms with Crippen molar-refractivity contribution < 1.29 is 17.9 Å². The van der Waals surface area contributed by atoms with E-state index in [2.05, 4.69) is 5.32 Å². The molecule has 0 bridgehead atoms. The molecule has 1 aliphatic heterocycles. The van der Waals surface area contributed by atoms with Crippen molar-refractivity contribution in [3.8, 4) is 11.8 Å². The van der Waals surface area contributed by atoms with Crippen molar-refractivity contribution in [2.45, 2.75) is 17.9 Å². The van der Waals surface area contributed by atoms with Crippen molar-refractivity contribution >= 4 is 15.9 Å². The van der Waals surface area contributed by atoms with Gasteiger partial charge in [-0.15, -0.1) is 0 Å². The second kappa shape index (κ2) is 10.3. The Hall–Kier alpha value is -3.35. The zero-order valence-electron chi connectivity index (χ0n) is 18.1. The van der Waals surface area contributed by atoms with Crippen LogP contribution in [0.4, 0.5) is 0 Å². The molecule has 3 rings (SSSR count). The number of sulfonamides is 1. The van der Waals surface area contributed by atoms with E-state index in [0.717, 1.165) is 11.3 Å². The number of nitrogens with one attached hydrogen (secondary N) is 1. The van der Waals surface area contributed by atoms with Gasteiger partial charge in [-0.3, -0.25) is 4.79 Å². The third-order valence-electron chi connectivity index (χ3n) is 5.29. The molecule has 1 fully saturated rings. The summed E-state index contributed by atoms with van der Waals surface area (Å²) in [4.78, 5) is 14.7. The van der Waals surface area contributed by atoms with Gasteiger partial charge in [0.2, 0.25) is 10.0 Å². The van der Waals surface area contributed by atoms with Crippen molar-refractivity contribution in [2.24, 2.45) is 0 Å². The van der Waals surface area contributed by atoms with E-state index in [1.807, 2.05) is 37.3 Å². The third kappa shape index (κ3) is 5.46. The second-order valence-corrected chi connectivity index (χ2v) is 9.31. The number of carbonyl (C=O) groups excluding carboxylic acids is 1. The summed E-state index contributed by atoms with van der Waals surface area (Å²) in [7, 11) is -1.97. The van der Waals surface area contributed by atoms with Crippen LogP contribution in [0.2, 0.25) is 0 Å². The van der Waals surface area contributed by atoms with Gasteiger partial charge in [-0.25, -0.2) is 8.42 Å². The van der Waals surface area contributed by atoms with Crippen molar-refractivity contribution in [2.75, 3.05) is 33.3 Å². The number of hydrogen-bond acceptors (Lipinski definition) is 6. The monoisotopic (exact) mass is 454 g/mol. The van der Waals surface area contributed by atoms with Crippen molar-refractivity contribution in [3.63, 3.8) is 0 Å². The highest BCUT2D eigenvalue weighted by Crippen LogP contribution is 2.19. The number of nitriles is 1. The van der Waals surface area contributed by atoms with Gasteiger partial charge in [-0.05, 0) is 36.8 Å². The van der Waals surface area contributed by atoms with Gasteiger partial charge in [0.05, 0.1) is 18.0 Å². The van der Waals surface area contributed by atoms with Crippen LogP contribution in [-0.2, 0) is 14.8 Å². The predicted molar refractivity (Wildman–Crippen MR) is 120 cm³/mol. The lowest BCUT2D eigenvalue weighted by atomic mass is 10.1. The SMILES string of the molecule is COc1ccc(C(C)NC(=O)/C(C#N)=C\N2CCN(S(=O)(=O)c3ccccc3)CC2)cc1. The van der Waals surface area contributed by atoms with Crippen LogP contribution < -0.4 is 10.1 Å². The highest BCUT2D eigenvalue weighted by Gasteiger charge is 2.28. The van der Waals surface area contributed by atoms with Crippen LogP contribution in [0.1, 0.15) is 18.5 Å². The minimum atomic E-state index is -3.55. The third-order valence-corrected chi connectivity index (χ3v) is 7.21. The smallest absolute Gasteiger partial charge is 0.263 e. The molecule has 2 aromatic carbocycles. The van der Waals surface area contributed by atoms with Crippen LogP contribution in [0.15, 0.2) is 71.3 Å². The summed E-state index contributed by atoms with van der Waals surface area (Å²) >= 11 is 0. The molecule has 1 saturated heterocycles. The Morgan fingerprint density at radius 3 is 2.28 bits per heavy atom. The Balaban J connectivity index is 1.60. The first-order chi connectivity index (χ1) is 15.3. The largest absolute Gasteiger partial charge is 0.497 e. The molecule has 0 aliphatic carbocycles. The van der Waals surface area contributed by atoms with E-state index < -0.39 is 15.9 Å². The van der Waals surface area contributed by atoms with Gasteiger partial charge in [0.1, 0.15) is 17.4 Å². The zero-order chi connectivity index (χ0) is 23.1. The maximum Gasteiger partial charge on any atom is 0.263 e. The maximum absolute atomic E-state index is 12.7. The van der Waals surface area contributed by atoms with Crippen molar-refractivity contribution in [3.05, 3.63) is 71.9 Å². The van der Waals surface area contributed by atoms with Gasteiger partial charge >= 0.3 is 0 Å². The van der Waals surface area contributed by atoms with Gasteiger partial charge in [0.15, 0.2) is 0 Å². The lowest BCUT2D eigenvalue weighted by Crippen LogP contribution is -2.47. The molecule has 9 heteroatoms. The van der Waals surface area contributed by atoms with Gasteiger partial charge in [-0.2, -0.15) is 9.57 Å². The molecule has 1 heterocycles. The summed E-state index contributed by atoms with van der Waals surface area (Å²) in [5.41, 5.74) is 0.862. The maximum atomic E-state index is 12.7. The molecular formula is C23H26N4O4S. The molecule has 32 heavy (non-hydrogen) atoms.